The molecule has 1 fully saturated rings. The van der Waals surface area contributed by atoms with Crippen molar-refractivity contribution in [3.05, 3.63) is 47.4 Å². The van der Waals surface area contributed by atoms with E-state index in [1.54, 1.807) is 24.3 Å². The van der Waals surface area contributed by atoms with Crippen LogP contribution in [0.5, 0.6) is 0 Å². The number of rotatable bonds is 6. The van der Waals surface area contributed by atoms with E-state index >= 15 is 0 Å². The van der Waals surface area contributed by atoms with Crippen molar-refractivity contribution in [3.8, 4) is 0 Å². The first-order valence-electron chi connectivity index (χ1n) is 9.83. The third-order valence-corrected chi connectivity index (χ3v) is 6.45. The topological polar surface area (TPSA) is 92.3 Å². The molecule has 8 heteroatoms. The average molecular weight is 417 g/mol. The van der Waals surface area contributed by atoms with Crippen LogP contribution in [0, 0.1) is 12.8 Å². The number of likely N-dealkylation sites (tertiary alicyclic amines) is 1. The number of hydrogen-bond acceptors (Lipinski definition) is 6. The maximum absolute atomic E-state index is 12.6. The Labute approximate surface area is 172 Å². The van der Waals surface area contributed by atoms with Crippen molar-refractivity contribution in [2.45, 2.75) is 37.5 Å². The summed E-state index contributed by atoms with van der Waals surface area (Å²) >= 11 is 0. The Hall–Kier alpha value is -2.48. The van der Waals surface area contributed by atoms with E-state index in [-0.39, 0.29) is 10.8 Å². The smallest absolute Gasteiger partial charge is 0.226 e. The number of piperidine rings is 1. The van der Waals surface area contributed by atoms with Gasteiger partial charge in [-0.25, -0.2) is 18.4 Å². The molecule has 1 aromatic heterocycles. The van der Waals surface area contributed by atoms with Gasteiger partial charge in [-0.05, 0) is 49.8 Å². The van der Waals surface area contributed by atoms with Crippen LogP contribution >= 0.6 is 0 Å². The van der Waals surface area contributed by atoms with Crippen molar-refractivity contribution in [2.24, 2.45) is 5.92 Å². The number of hydrogen-bond donors (Lipinski definition) is 1. The van der Waals surface area contributed by atoms with E-state index in [2.05, 4.69) is 15.3 Å². The summed E-state index contributed by atoms with van der Waals surface area (Å²) in [5, 5.41) is 3.06. The fourth-order valence-electron chi connectivity index (χ4n) is 3.69. The molecule has 2 aromatic rings. The number of amides is 1. The van der Waals surface area contributed by atoms with Gasteiger partial charge in [0.1, 0.15) is 11.6 Å². The summed E-state index contributed by atoms with van der Waals surface area (Å²) in [7, 11) is -1.36. The molecular formula is C21H28N4O3S. The van der Waals surface area contributed by atoms with Crippen LogP contribution in [0.1, 0.15) is 29.9 Å². The van der Waals surface area contributed by atoms with Crippen LogP contribution in [-0.2, 0) is 27.5 Å². The lowest BCUT2D eigenvalue weighted by molar-refractivity contribution is -0.131. The van der Waals surface area contributed by atoms with E-state index in [9.17, 15) is 13.2 Å². The van der Waals surface area contributed by atoms with E-state index in [1.165, 1.54) is 6.26 Å². The predicted molar refractivity (Wildman–Crippen MR) is 113 cm³/mol. The molecule has 1 amide bonds. The Morgan fingerprint density at radius 2 is 1.83 bits per heavy atom. The fraction of sp³-hybridized carbons (Fsp3) is 0.476. The molecule has 156 valence electrons. The third kappa shape index (κ3) is 5.76. The quantitative estimate of drug-likeness (QED) is 0.777. The molecule has 7 nitrogen and oxygen atoms in total. The molecule has 1 saturated heterocycles. The number of nitrogens with zero attached hydrogens (tertiary/aromatic N) is 3. The standard InChI is InChI=1S/C21H28N4O3S/c1-15-23-18(14-20(22-2)24-15)12-17-8-10-25(11-9-17)21(26)13-16-4-6-19(7-5-16)29(3,27)28/h4-7,14,17H,8-13H2,1-3H3,(H,22,23,24). The van der Waals surface area contributed by atoms with E-state index in [4.69, 9.17) is 0 Å². The van der Waals surface area contributed by atoms with Gasteiger partial charge in [-0.3, -0.25) is 4.79 Å². The first-order valence-corrected chi connectivity index (χ1v) is 11.7. The number of carbonyl (C=O) groups excluding carboxylic acids is 1. The fourth-order valence-corrected chi connectivity index (χ4v) is 4.32. The number of nitrogens with one attached hydrogen (secondary N) is 1. The largest absolute Gasteiger partial charge is 0.373 e. The molecule has 0 unspecified atom stereocenters. The summed E-state index contributed by atoms with van der Waals surface area (Å²) in [5.74, 6) is 2.20. The second-order valence-corrected chi connectivity index (χ2v) is 9.68. The average Bonchev–Trinajstić information content (AvgIpc) is 2.67. The summed E-state index contributed by atoms with van der Waals surface area (Å²) in [6, 6.07) is 8.56. The molecule has 1 aromatic carbocycles. The Balaban J connectivity index is 1.52. The van der Waals surface area contributed by atoms with Crippen molar-refractivity contribution in [2.75, 3.05) is 31.7 Å². The Morgan fingerprint density at radius 3 is 2.41 bits per heavy atom. The van der Waals surface area contributed by atoms with Crippen molar-refractivity contribution in [1.82, 2.24) is 14.9 Å². The zero-order valence-corrected chi connectivity index (χ0v) is 18.0. The van der Waals surface area contributed by atoms with E-state index < -0.39 is 9.84 Å². The molecule has 0 aliphatic carbocycles. The first kappa shape index (κ1) is 21.2. The second-order valence-electron chi connectivity index (χ2n) is 7.66. The molecule has 1 aliphatic heterocycles. The van der Waals surface area contributed by atoms with Gasteiger partial charge in [0, 0.05) is 38.2 Å². The highest BCUT2D eigenvalue weighted by molar-refractivity contribution is 7.90. The van der Waals surface area contributed by atoms with Gasteiger partial charge in [0.2, 0.25) is 5.91 Å². The molecule has 1 N–H and O–H groups in total. The second kappa shape index (κ2) is 8.90. The summed E-state index contributed by atoms with van der Waals surface area (Å²) in [4.78, 5) is 23.7. The third-order valence-electron chi connectivity index (χ3n) is 5.32. The zero-order chi connectivity index (χ0) is 21.0. The van der Waals surface area contributed by atoms with Crippen LogP contribution in [0.25, 0.3) is 0 Å². The molecule has 0 spiro atoms. The van der Waals surface area contributed by atoms with Crippen LogP contribution in [0.3, 0.4) is 0 Å². The Bertz CT molecular complexity index is 966. The van der Waals surface area contributed by atoms with Crippen LogP contribution in [-0.4, -0.2) is 55.6 Å². The number of anilines is 1. The number of aryl methyl sites for hydroxylation is 1. The van der Waals surface area contributed by atoms with Gasteiger partial charge in [0.15, 0.2) is 9.84 Å². The molecule has 2 heterocycles. The number of sulfone groups is 1. The lowest BCUT2D eigenvalue weighted by atomic mass is 9.91. The number of benzene rings is 1. The number of aromatic nitrogens is 2. The summed E-state index contributed by atoms with van der Waals surface area (Å²) in [5.41, 5.74) is 1.87. The van der Waals surface area contributed by atoms with Crippen LogP contribution in [0.15, 0.2) is 35.2 Å². The van der Waals surface area contributed by atoms with Gasteiger partial charge in [-0.2, -0.15) is 0 Å². The Kier molecular flexibility index (Phi) is 6.52. The monoisotopic (exact) mass is 416 g/mol. The van der Waals surface area contributed by atoms with Gasteiger partial charge in [-0.15, -0.1) is 0 Å². The van der Waals surface area contributed by atoms with E-state index in [1.807, 2.05) is 24.9 Å². The van der Waals surface area contributed by atoms with Crippen molar-refractivity contribution in [3.63, 3.8) is 0 Å². The minimum absolute atomic E-state index is 0.0888. The van der Waals surface area contributed by atoms with E-state index in [0.29, 0.717) is 12.3 Å². The predicted octanol–water partition coefficient (Wildman–Crippen LogP) is 2.25. The van der Waals surface area contributed by atoms with Crippen molar-refractivity contribution in [1.29, 1.82) is 0 Å². The lowest BCUT2D eigenvalue weighted by Crippen LogP contribution is -2.39. The van der Waals surface area contributed by atoms with Gasteiger partial charge in [-0.1, -0.05) is 12.1 Å². The maximum Gasteiger partial charge on any atom is 0.226 e. The zero-order valence-electron chi connectivity index (χ0n) is 17.2. The van der Waals surface area contributed by atoms with Crippen molar-refractivity contribution < 1.29 is 13.2 Å². The Morgan fingerprint density at radius 1 is 1.17 bits per heavy atom. The molecule has 0 saturated carbocycles. The lowest BCUT2D eigenvalue weighted by Gasteiger charge is -2.32. The normalized spacial score (nSPS) is 15.3. The molecule has 0 bridgehead atoms. The number of carbonyl (C=O) groups is 1. The van der Waals surface area contributed by atoms with Gasteiger partial charge in [0.25, 0.3) is 0 Å². The van der Waals surface area contributed by atoms with Gasteiger partial charge >= 0.3 is 0 Å². The molecular weight excluding hydrogens is 388 g/mol. The molecule has 0 radical (unpaired) electrons. The minimum atomic E-state index is -3.22. The molecule has 3 rings (SSSR count). The summed E-state index contributed by atoms with van der Waals surface area (Å²) in [6.45, 7) is 3.38. The maximum atomic E-state index is 12.6. The van der Waals surface area contributed by atoms with E-state index in [0.717, 1.165) is 55.3 Å². The SMILES string of the molecule is CNc1cc(CC2CCN(C(=O)Cc3ccc(S(C)(=O)=O)cc3)CC2)nc(C)n1. The molecule has 0 atom stereocenters. The molecule has 1 aliphatic rings. The first-order chi connectivity index (χ1) is 13.7. The van der Waals surface area contributed by atoms with Crippen LogP contribution in [0.4, 0.5) is 5.82 Å². The van der Waals surface area contributed by atoms with Crippen LogP contribution in [0.2, 0.25) is 0 Å². The highest BCUT2D eigenvalue weighted by Crippen LogP contribution is 2.22. The summed E-state index contributed by atoms with van der Waals surface area (Å²) < 4.78 is 23.1. The van der Waals surface area contributed by atoms with Gasteiger partial charge < -0.3 is 10.2 Å². The summed E-state index contributed by atoms with van der Waals surface area (Å²) in [6.07, 6.45) is 4.28. The van der Waals surface area contributed by atoms with Gasteiger partial charge in [0.05, 0.1) is 11.3 Å². The molecule has 29 heavy (non-hydrogen) atoms. The van der Waals surface area contributed by atoms with Crippen molar-refractivity contribution >= 4 is 21.6 Å². The minimum Gasteiger partial charge on any atom is -0.373 e. The van der Waals surface area contributed by atoms with Crippen LogP contribution < -0.4 is 5.32 Å². The highest BCUT2D eigenvalue weighted by Gasteiger charge is 2.23. The highest BCUT2D eigenvalue weighted by atomic mass is 32.2.